The topological polar surface area (TPSA) is 157 Å². The zero-order valence-electron chi connectivity index (χ0n) is 35.3. The molecule has 4 aromatic carbocycles. The summed E-state index contributed by atoms with van der Waals surface area (Å²) in [5, 5.41) is 29.5. The molecule has 0 aliphatic carbocycles. The van der Waals surface area contributed by atoms with Crippen molar-refractivity contribution in [3.05, 3.63) is 154 Å². The minimum Gasteiger partial charge on any atom is -0.496 e. The van der Waals surface area contributed by atoms with Crippen LogP contribution in [-0.2, 0) is 17.6 Å². The van der Waals surface area contributed by atoms with Crippen LogP contribution in [0.3, 0.4) is 0 Å². The van der Waals surface area contributed by atoms with Gasteiger partial charge in [0.25, 0.3) is 0 Å². The molecular weight excluding hydrogens is 864 g/mol. The Morgan fingerprint density at radius 2 is 1.16 bits per heavy atom. The number of carboxylic acids is 1. The van der Waals surface area contributed by atoms with Gasteiger partial charge in [-0.2, -0.15) is 0 Å². The monoisotopic (exact) mass is 910 g/mol. The minimum absolute atomic E-state index is 0.0181. The largest absolute Gasteiger partial charge is 0.496 e. The lowest BCUT2D eigenvalue weighted by Gasteiger charge is -2.25. The maximum Gasteiger partial charge on any atom is 0.343 e. The van der Waals surface area contributed by atoms with Crippen molar-refractivity contribution in [1.29, 1.82) is 0 Å². The number of carboxylic acid groups (broad SMARTS) is 1. The maximum atomic E-state index is 15.1. The molecule has 2 unspecified atom stereocenters. The molecule has 63 heavy (non-hydrogen) atoms. The van der Waals surface area contributed by atoms with Crippen LogP contribution in [0.5, 0.6) is 5.75 Å². The third-order valence-corrected chi connectivity index (χ3v) is 11.4. The van der Waals surface area contributed by atoms with Crippen LogP contribution in [0.4, 0.5) is 13.2 Å². The van der Waals surface area contributed by atoms with Gasteiger partial charge >= 0.3 is 11.9 Å². The molecule has 2 aromatic heterocycles. The summed E-state index contributed by atoms with van der Waals surface area (Å²) in [5.74, 6) is -3.75. The Morgan fingerprint density at radius 3 is 1.62 bits per heavy atom. The zero-order chi connectivity index (χ0) is 46.4. The molecule has 6 rings (SSSR count). The van der Waals surface area contributed by atoms with E-state index in [-0.39, 0.29) is 87.5 Å². The van der Waals surface area contributed by atoms with E-state index in [1.165, 1.54) is 60.5 Å². The van der Waals surface area contributed by atoms with E-state index in [1.54, 1.807) is 35.8 Å². The summed E-state index contributed by atoms with van der Waals surface area (Å²) in [6.45, 7) is 8.67. The van der Waals surface area contributed by atoms with Crippen molar-refractivity contribution in [2.45, 2.75) is 59.5 Å². The number of aliphatic hydroxyl groups is 2. The number of aromatic carboxylic acids is 1. The normalized spacial score (nSPS) is 12.4. The van der Waals surface area contributed by atoms with Crippen molar-refractivity contribution < 1.29 is 47.6 Å². The molecule has 334 valence electrons. The molecule has 0 spiro atoms. The highest BCUT2D eigenvalue weighted by Gasteiger charge is 2.25. The number of pyridine rings is 2. The van der Waals surface area contributed by atoms with Crippen molar-refractivity contribution >= 4 is 56.9 Å². The number of hydrogen-bond donors (Lipinski definition) is 3. The fraction of sp³-hybridized carbons (Fsp3) is 0.319. The predicted molar refractivity (Wildman–Crippen MR) is 236 cm³/mol. The van der Waals surface area contributed by atoms with Gasteiger partial charge in [-0.3, -0.25) is 9.59 Å². The van der Waals surface area contributed by atoms with Gasteiger partial charge in [0, 0.05) is 42.1 Å². The predicted octanol–water partition coefficient (Wildman–Crippen LogP) is 9.17. The Kier molecular flexibility index (Phi) is 15.9. The number of esters is 1. The Balaban J connectivity index is 0.000000238. The highest BCUT2D eigenvalue weighted by atomic mass is 35.5. The second-order valence-corrected chi connectivity index (χ2v) is 16.3. The summed E-state index contributed by atoms with van der Waals surface area (Å²) in [7, 11) is 1.46. The molecule has 0 aliphatic heterocycles. The number of nitrogens with zero attached hydrogens (tertiary/aromatic N) is 2. The van der Waals surface area contributed by atoms with Crippen molar-refractivity contribution in [2.24, 2.45) is 11.8 Å². The van der Waals surface area contributed by atoms with Gasteiger partial charge in [0.05, 0.1) is 60.1 Å². The minimum atomic E-state index is -1.36. The van der Waals surface area contributed by atoms with Crippen molar-refractivity contribution in [3.63, 3.8) is 0 Å². The van der Waals surface area contributed by atoms with Gasteiger partial charge in [0.1, 0.15) is 34.3 Å². The second-order valence-electron chi connectivity index (χ2n) is 15.5. The summed E-state index contributed by atoms with van der Waals surface area (Å²) < 4.78 is 57.5. The number of rotatable bonds is 14. The summed E-state index contributed by atoms with van der Waals surface area (Å²) in [5.41, 5.74) is -0.179. The number of aromatic nitrogens is 2. The molecule has 6 aromatic rings. The average molecular weight is 912 g/mol. The van der Waals surface area contributed by atoms with Gasteiger partial charge in [-0.25, -0.2) is 22.8 Å². The Bertz CT molecular complexity index is 2810. The molecule has 0 saturated carbocycles. The number of aliphatic hydroxyl groups excluding tert-OH is 2. The number of ether oxygens (including phenoxy) is 2. The SMILES string of the molecule is CCOC(=O)c1cn(C(CO)C(C)C)c2cc(F)c(Cc3cccc(Cl)c3F)cc2c1=O.COc1cc2c(cc1Cc1cccc(Cl)c1F)c(=O)c(C(=O)O)cn2C(CO)C(C)C. The van der Waals surface area contributed by atoms with Gasteiger partial charge in [0.2, 0.25) is 10.9 Å². The maximum absolute atomic E-state index is 15.1. The summed E-state index contributed by atoms with van der Waals surface area (Å²) >= 11 is 11.7. The van der Waals surface area contributed by atoms with E-state index in [2.05, 4.69) is 0 Å². The van der Waals surface area contributed by atoms with E-state index >= 15 is 4.39 Å². The third-order valence-electron chi connectivity index (χ3n) is 10.8. The molecule has 0 aliphatic rings. The fourth-order valence-corrected chi connectivity index (χ4v) is 7.76. The fourth-order valence-electron chi connectivity index (χ4n) is 7.38. The lowest BCUT2D eigenvalue weighted by atomic mass is 9.98. The van der Waals surface area contributed by atoms with Crippen LogP contribution in [0.25, 0.3) is 21.8 Å². The summed E-state index contributed by atoms with van der Waals surface area (Å²) in [6, 6.07) is 13.7. The zero-order valence-corrected chi connectivity index (χ0v) is 36.9. The molecule has 2 heterocycles. The van der Waals surface area contributed by atoms with Crippen LogP contribution in [0, 0.1) is 29.3 Å². The molecule has 0 amide bonds. The number of fused-ring (bicyclic) bond motifs is 2. The van der Waals surface area contributed by atoms with E-state index in [0.29, 0.717) is 22.4 Å². The summed E-state index contributed by atoms with van der Waals surface area (Å²) in [4.78, 5) is 50.2. The van der Waals surface area contributed by atoms with E-state index in [9.17, 15) is 43.3 Å². The molecule has 0 bridgehead atoms. The number of carbonyl (C=O) groups excluding carboxylic acids is 1. The van der Waals surface area contributed by atoms with Crippen LogP contribution in [0.15, 0.2) is 82.6 Å². The number of carbonyl (C=O) groups is 2. The van der Waals surface area contributed by atoms with E-state index in [4.69, 9.17) is 32.7 Å². The molecule has 2 atom stereocenters. The molecule has 16 heteroatoms. The van der Waals surface area contributed by atoms with Gasteiger partial charge in [-0.05, 0) is 71.3 Å². The Morgan fingerprint density at radius 1 is 0.698 bits per heavy atom. The first-order chi connectivity index (χ1) is 29.9. The third kappa shape index (κ3) is 10.3. The average Bonchev–Trinajstić information content (AvgIpc) is 3.23. The van der Waals surface area contributed by atoms with Crippen LogP contribution in [0.2, 0.25) is 10.0 Å². The van der Waals surface area contributed by atoms with Crippen LogP contribution < -0.4 is 15.6 Å². The first-order valence-corrected chi connectivity index (χ1v) is 20.7. The number of hydrogen-bond acceptors (Lipinski definition) is 8. The number of benzene rings is 4. The van der Waals surface area contributed by atoms with Gasteiger partial charge in [-0.15, -0.1) is 0 Å². The Labute approximate surface area is 370 Å². The smallest absolute Gasteiger partial charge is 0.343 e. The van der Waals surface area contributed by atoms with E-state index in [1.807, 2.05) is 27.7 Å². The lowest BCUT2D eigenvalue weighted by molar-refractivity contribution is 0.0522. The Hall–Kier alpha value is -5.67. The van der Waals surface area contributed by atoms with Gasteiger partial charge < -0.3 is 33.9 Å². The molecule has 11 nitrogen and oxygen atoms in total. The van der Waals surface area contributed by atoms with Crippen molar-refractivity contribution in [1.82, 2.24) is 9.13 Å². The van der Waals surface area contributed by atoms with Crippen molar-refractivity contribution in [2.75, 3.05) is 26.9 Å². The molecule has 0 fully saturated rings. The first kappa shape index (κ1) is 48.4. The highest BCUT2D eigenvalue weighted by Crippen LogP contribution is 2.32. The second kappa shape index (κ2) is 20.7. The van der Waals surface area contributed by atoms with Gasteiger partial charge in [0.15, 0.2) is 0 Å². The number of halogens is 5. The first-order valence-electron chi connectivity index (χ1n) is 20.0. The summed E-state index contributed by atoms with van der Waals surface area (Å²) in [6.07, 6.45) is 2.52. The van der Waals surface area contributed by atoms with Crippen LogP contribution in [0.1, 0.15) is 89.7 Å². The van der Waals surface area contributed by atoms with E-state index in [0.717, 1.165) is 0 Å². The van der Waals surface area contributed by atoms with Crippen LogP contribution in [-0.4, -0.2) is 63.3 Å². The molecular formula is C47H47Cl2F3N2O9. The van der Waals surface area contributed by atoms with E-state index < -0.39 is 57.9 Å². The van der Waals surface area contributed by atoms with Crippen LogP contribution >= 0.6 is 23.2 Å². The molecule has 0 radical (unpaired) electrons. The standard InChI is InChI=1S/C24H24ClF2NO4.C23H23ClFNO5/c1-4-32-24(31)17-11-28(21(12-29)13(2)3)20-10-19(26)15(9-16(20)23(17)30)8-14-6-5-7-18(25)22(14)27;1-12(2)19(11-27)26-10-16(23(29)30)22(28)15-8-14(20(31-3)9-18(15)26)7-13-5-4-6-17(24)21(13)25/h5-7,9-11,13,21,29H,4,8,12H2,1-3H3;4-6,8-10,12,19,27H,7,11H2,1-3H3,(H,29,30). The highest BCUT2D eigenvalue weighted by molar-refractivity contribution is 6.31. The van der Waals surface area contributed by atoms with Crippen molar-refractivity contribution in [3.8, 4) is 5.75 Å². The molecule has 0 saturated heterocycles. The molecule has 3 N–H and O–H groups in total. The number of methoxy groups -OCH3 is 1. The lowest BCUT2D eigenvalue weighted by Crippen LogP contribution is -2.26. The quantitative estimate of drug-likeness (QED) is 0.0907. The van der Waals surface area contributed by atoms with Gasteiger partial charge in [-0.1, -0.05) is 75.2 Å².